The van der Waals surface area contributed by atoms with E-state index in [2.05, 4.69) is 0 Å². The number of methoxy groups -OCH3 is 1. The standard InChI is InChI=1S/C16H17Cl2NO/c1-20-16(11-6-3-2-4-7-11)15(19)10-12-13(17)8-5-9-14(12)18/h2-9,15-16H,10,19H2,1H3. The van der Waals surface area contributed by atoms with Crippen LogP contribution < -0.4 is 5.73 Å². The number of ether oxygens (including phenoxy) is 1. The van der Waals surface area contributed by atoms with E-state index in [1.807, 2.05) is 48.5 Å². The fourth-order valence-electron chi connectivity index (χ4n) is 2.27. The first kappa shape index (κ1) is 15.3. The molecule has 2 nitrogen and oxygen atoms in total. The van der Waals surface area contributed by atoms with E-state index in [0.29, 0.717) is 16.5 Å². The zero-order chi connectivity index (χ0) is 14.5. The van der Waals surface area contributed by atoms with Gasteiger partial charge in [0, 0.05) is 23.2 Å². The Labute approximate surface area is 129 Å². The maximum absolute atomic E-state index is 6.29. The lowest BCUT2D eigenvalue weighted by atomic mass is 9.96. The summed E-state index contributed by atoms with van der Waals surface area (Å²) in [6, 6.07) is 15.1. The van der Waals surface area contributed by atoms with Crippen LogP contribution in [0, 0.1) is 0 Å². The van der Waals surface area contributed by atoms with E-state index >= 15 is 0 Å². The highest BCUT2D eigenvalue weighted by Crippen LogP contribution is 2.29. The third-order valence-electron chi connectivity index (χ3n) is 3.27. The van der Waals surface area contributed by atoms with Gasteiger partial charge in [-0.2, -0.15) is 0 Å². The average Bonchev–Trinajstić information content (AvgIpc) is 2.45. The van der Waals surface area contributed by atoms with Crippen molar-refractivity contribution >= 4 is 23.2 Å². The Morgan fingerprint density at radius 2 is 1.60 bits per heavy atom. The van der Waals surface area contributed by atoms with Gasteiger partial charge >= 0.3 is 0 Å². The number of halogens is 2. The molecule has 2 unspecified atom stereocenters. The molecule has 0 bridgehead atoms. The Bertz CT molecular complexity index is 539. The van der Waals surface area contributed by atoms with Crippen molar-refractivity contribution in [1.82, 2.24) is 0 Å². The summed E-state index contributed by atoms with van der Waals surface area (Å²) < 4.78 is 5.54. The first-order valence-electron chi connectivity index (χ1n) is 6.39. The molecule has 2 aromatic carbocycles. The third kappa shape index (κ3) is 3.53. The first-order chi connectivity index (χ1) is 9.63. The molecule has 0 aliphatic rings. The Balaban J connectivity index is 2.20. The molecular weight excluding hydrogens is 293 g/mol. The normalized spacial score (nSPS) is 14.0. The molecular formula is C16H17Cl2NO. The van der Waals surface area contributed by atoms with E-state index < -0.39 is 0 Å². The highest BCUT2D eigenvalue weighted by atomic mass is 35.5. The van der Waals surface area contributed by atoms with Crippen molar-refractivity contribution < 1.29 is 4.74 Å². The molecule has 2 N–H and O–H groups in total. The minimum absolute atomic E-state index is 0.191. The maximum atomic E-state index is 6.29. The molecule has 4 heteroatoms. The number of nitrogens with two attached hydrogens (primary N) is 1. The summed E-state index contributed by atoms with van der Waals surface area (Å²) in [6.45, 7) is 0. The molecule has 0 aliphatic carbocycles. The number of benzene rings is 2. The first-order valence-corrected chi connectivity index (χ1v) is 7.15. The Morgan fingerprint density at radius 3 is 2.15 bits per heavy atom. The van der Waals surface area contributed by atoms with Crippen LogP contribution in [-0.4, -0.2) is 13.2 Å². The topological polar surface area (TPSA) is 35.2 Å². The summed E-state index contributed by atoms with van der Waals surface area (Å²) in [6.07, 6.45) is 0.370. The zero-order valence-electron chi connectivity index (χ0n) is 11.2. The average molecular weight is 310 g/mol. The quantitative estimate of drug-likeness (QED) is 0.896. The molecule has 0 aromatic heterocycles. The van der Waals surface area contributed by atoms with Crippen molar-refractivity contribution in [2.45, 2.75) is 18.6 Å². The molecule has 0 saturated heterocycles. The number of hydrogen-bond donors (Lipinski definition) is 1. The highest BCUT2D eigenvalue weighted by Gasteiger charge is 2.21. The molecule has 0 spiro atoms. The van der Waals surface area contributed by atoms with Crippen molar-refractivity contribution in [2.75, 3.05) is 7.11 Å². The molecule has 0 heterocycles. The third-order valence-corrected chi connectivity index (χ3v) is 3.98. The van der Waals surface area contributed by atoms with Gasteiger partial charge in [-0.25, -0.2) is 0 Å². The highest BCUT2D eigenvalue weighted by molar-refractivity contribution is 6.36. The van der Waals surface area contributed by atoms with Gasteiger partial charge in [-0.1, -0.05) is 59.6 Å². The predicted octanol–water partition coefficient (Wildman–Crippen LogP) is 4.25. The van der Waals surface area contributed by atoms with Crippen LogP contribution in [0.5, 0.6) is 0 Å². The van der Waals surface area contributed by atoms with E-state index in [1.165, 1.54) is 0 Å². The zero-order valence-corrected chi connectivity index (χ0v) is 12.7. The summed E-state index contributed by atoms with van der Waals surface area (Å²) in [5, 5.41) is 1.27. The van der Waals surface area contributed by atoms with Gasteiger partial charge in [-0.3, -0.25) is 0 Å². The SMILES string of the molecule is COC(c1ccccc1)C(N)Cc1c(Cl)cccc1Cl. The monoisotopic (exact) mass is 309 g/mol. The van der Waals surface area contributed by atoms with E-state index in [4.69, 9.17) is 33.7 Å². The van der Waals surface area contributed by atoms with Gasteiger partial charge in [-0.05, 0) is 29.7 Å². The van der Waals surface area contributed by atoms with Gasteiger partial charge in [0.2, 0.25) is 0 Å². The Morgan fingerprint density at radius 1 is 1.00 bits per heavy atom. The van der Waals surface area contributed by atoms with Crippen LogP contribution in [-0.2, 0) is 11.2 Å². The van der Waals surface area contributed by atoms with E-state index in [-0.39, 0.29) is 12.1 Å². The maximum Gasteiger partial charge on any atom is 0.0975 e. The van der Waals surface area contributed by atoms with Gasteiger partial charge in [0.05, 0.1) is 6.10 Å². The van der Waals surface area contributed by atoms with Crippen molar-refractivity contribution in [3.05, 3.63) is 69.7 Å². The molecule has 2 atom stereocenters. The second-order valence-electron chi connectivity index (χ2n) is 4.64. The molecule has 106 valence electrons. The van der Waals surface area contributed by atoms with Crippen LogP contribution in [0.1, 0.15) is 17.2 Å². The van der Waals surface area contributed by atoms with Gasteiger partial charge < -0.3 is 10.5 Å². The number of hydrogen-bond acceptors (Lipinski definition) is 2. The molecule has 0 amide bonds. The minimum Gasteiger partial charge on any atom is -0.375 e. The molecule has 2 rings (SSSR count). The van der Waals surface area contributed by atoms with Crippen molar-refractivity contribution in [3.8, 4) is 0 Å². The van der Waals surface area contributed by atoms with Crippen molar-refractivity contribution in [2.24, 2.45) is 5.73 Å². The van der Waals surface area contributed by atoms with Gasteiger partial charge in [0.25, 0.3) is 0 Å². The Kier molecular flexibility index (Phi) is 5.44. The van der Waals surface area contributed by atoms with Crippen LogP contribution in [0.4, 0.5) is 0 Å². The van der Waals surface area contributed by atoms with Gasteiger partial charge in [0.1, 0.15) is 0 Å². The van der Waals surface area contributed by atoms with Gasteiger partial charge in [0.15, 0.2) is 0 Å². The second-order valence-corrected chi connectivity index (χ2v) is 5.45. The molecule has 0 saturated carbocycles. The van der Waals surface area contributed by atoms with Crippen LogP contribution in [0.2, 0.25) is 10.0 Å². The van der Waals surface area contributed by atoms with Crippen LogP contribution in [0.3, 0.4) is 0 Å². The smallest absolute Gasteiger partial charge is 0.0975 e. The molecule has 0 radical (unpaired) electrons. The molecule has 0 aliphatic heterocycles. The fourth-order valence-corrected chi connectivity index (χ4v) is 2.82. The predicted molar refractivity (Wildman–Crippen MR) is 84.3 cm³/mol. The van der Waals surface area contributed by atoms with E-state index in [1.54, 1.807) is 7.11 Å². The summed E-state index contributed by atoms with van der Waals surface area (Å²) in [7, 11) is 1.66. The summed E-state index contributed by atoms with van der Waals surface area (Å²) in [5.41, 5.74) is 8.20. The largest absolute Gasteiger partial charge is 0.375 e. The van der Waals surface area contributed by atoms with Crippen LogP contribution >= 0.6 is 23.2 Å². The van der Waals surface area contributed by atoms with E-state index in [0.717, 1.165) is 11.1 Å². The summed E-state index contributed by atoms with van der Waals surface area (Å²) in [5.74, 6) is 0. The van der Waals surface area contributed by atoms with Crippen LogP contribution in [0.25, 0.3) is 0 Å². The fraction of sp³-hybridized carbons (Fsp3) is 0.250. The minimum atomic E-state index is -0.222. The molecule has 0 fully saturated rings. The van der Waals surface area contributed by atoms with Crippen molar-refractivity contribution in [1.29, 1.82) is 0 Å². The second kappa shape index (κ2) is 7.09. The number of rotatable bonds is 5. The lowest BCUT2D eigenvalue weighted by Gasteiger charge is -2.23. The lowest BCUT2D eigenvalue weighted by molar-refractivity contribution is 0.0803. The van der Waals surface area contributed by atoms with Crippen LogP contribution in [0.15, 0.2) is 48.5 Å². The van der Waals surface area contributed by atoms with Crippen molar-refractivity contribution in [3.63, 3.8) is 0 Å². The van der Waals surface area contributed by atoms with E-state index in [9.17, 15) is 0 Å². The summed E-state index contributed by atoms with van der Waals surface area (Å²) in [4.78, 5) is 0. The molecule has 20 heavy (non-hydrogen) atoms. The molecule has 2 aromatic rings. The lowest BCUT2D eigenvalue weighted by Crippen LogP contribution is -2.32. The summed E-state index contributed by atoms with van der Waals surface area (Å²) >= 11 is 12.4. The Hall–Kier alpha value is -1.06. The van der Waals surface area contributed by atoms with Gasteiger partial charge in [-0.15, -0.1) is 0 Å².